The van der Waals surface area contributed by atoms with Gasteiger partial charge in [-0.2, -0.15) is 0 Å². The summed E-state index contributed by atoms with van der Waals surface area (Å²) >= 11 is 0. The van der Waals surface area contributed by atoms with Crippen LogP contribution in [-0.4, -0.2) is 39.6 Å². The van der Waals surface area contributed by atoms with E-state index >= 15 is 0 Å². The van der Waals surface area contributed by atoms with Crippen molar-refractivity contribution in [1.82, 2.24) is 4.90 Å². The third kappa shape index (κ3) is 2.54. The summed E-state index contributed by atoms with van der Waals surface area (Å²) in [6.07, 6.45) is -0.582. The molecule has 7 nitrogen and oxygen atoms in total. The SMILES string of the molecule is CC(=O)Nc1cccc(C2(C(=O)O)CCCN2C(=O)O)c1. The number of carbonyl (C=O) groups is 3. The molecule has 3 N–H and O–H groups in total. The van der Waals surface area contributed by atoms with Gasteiger partial charge in [0.25, 0.3) is 0 Å². The summed E-state index contributed by atoms with van der Waals surface area (Å²) in [4.78, 5) is 35.2. The number of anilines is 1. The second-order valence-corrected chi connectivity index (χ2v) is 4.97. The fourth-order valence-corrected chi connectivity index (χ4v) is 2.78. The molecule has 2 amide bonds. The maximum Gasteiger partial charge on any atom is 0.408 e. The number of amides is 2. The van der Waals surface area contributed by atoms with Crippen LogP contribution in [-0.2, 0) is 15.1 Å². The number of carboxylic acid groups (broad SMARTS) is 2. The van der Waals surface area contributed by atoms with E-state index in [1.54, 1.807) is 18.2 Å². The first-order chi connectivity index (χ1) is 9.87. The lowest BCUT2D eigenvalue weighted by atomic mass is 9.87. The Kier molecular flexibility index (Phi) is 3.84. The van der Waals surface area contributed by atoms with E-state index in [9.17, 15) is 24.6 Å². The van der Waals surface area contributed by atoms with Crippen LogP contribution in [0.25, 0.3) is 0 Å². The summed E-state index contributed by atoms with van der Waals surface area (Å²) in [6, 6.07) is 6.31. The van der Waals surface area contributed by atoms with Gasteiger partial charge >= 0.3 is 12.1 Å². The van der Waals surface area contributed by atoms with Gasteiger partial charge in [-0.05, 0) is 30.5 Å². The van der Waals surface area contributed by atoms with Crippen LogP contribution >= 0.6 is 0 Å². The smallest absolute Gasteiger partial charge is 0.408 e. The van der Waals surface area contributed by atoms with Crippen LogP contribution in [0.5, 0.6) is 0 Å². The summed E-state index contributed by atoms with van der Waals surface area (Å²) in [5.74, 6) is -1.49. The minimum absolute atomic E-state index is 0.173. The highest BCUT2D eigenvalue weighted by Crippen LogP contribution is 2.40. The van der Waals surface area contributed by atoms with E-state index < -0.39 is 17.6 Å². The van der Waals surface area contributed by atoms with Crippen LogP contribution in [0.1, 0.15) is 25.3 Å². The number of likely N-dealkylation sites (tertiary alicyclic amines) is 1. The van der Waals surface area contributed by atoms with Crippen molar-refractivity contribution in [3.8, 4) is 0 Å². The molecule has 0 aromatic heterocycles. The van der Waals surface area contributed by atoms with Gasteiger partial charge in [-0.15, -0.1) is 0 Å². The van der Waals surface area contributed by atoms with Gasteiger partial charge in [-0.25, -0.2) is 9.59 Å². The molecule has 21 heavy (non-hydrogen) atoms. The maximum absolute atomic E-state index is 11.8. The van der Waals surface area contributed by atoms with E-state index in [1.807, 2.05) is 0 Å². The van der Waals surface area contributed by atoms with Gasteiger partial charge in [0, 0.05) is 19.2 Å². The summed E-state index contributed by atoms with van der Waals surface area (Å²) in [5, 5.41) is 21.5. The first kappa shape index (κ1) is 14.8. The van der Waals surface area contributed by atoms with E-state index in [0.717, 1.165) is 4.90 Å². The van der Waals surface area contributed by atoms with Crippen LogP contribution in [0.2, 0.25) is 0 Å². The van der Waals surface area contributed by atoms with Gasteiger partial charge < -0.3 is 15.5 Å². The number of hydrogen-bond donors (Lipinski definition) is 3. The van der Waals surface area contributed by atoms with Crippen molar-refractivity contribution in [2.24, 2.45) is 0 Å². The Labute approximate surface area is 121 Å². The standard InChI is InChI=1S/C14H16N2O5/c1-9(17)15-11-5-2-4-10(8-11)14(12(18)19)6-3-7-16(14)13(20)21/h2,4-5,8H,3,6-7H2,1H3,(H,15,17)(H,18,19)(H,20,21). The summed E-state index contributed by atoms with van der Waals surface area (Å²) in [6.45, 7) is 1.52. The number of aliphatic carboxylic acids is 1. The molecule has 112 valence electrons. The van der Waals surface area contributed by atoms with E-state index in [0.29, 0.717) is 17.7 Å². The van der Waals surface area contributed by atoms with Crippen molar-refractivity contribution in [1.29, 1.82) is 0 Å². The minimum Gasteiger partial charge on any atom is -0.479 e. The predicted octanol–water partition coefficient (Wildman–Crippen LogP) is 1.70. The molecule has 0 spiro atoms. The molecule has 1 aliphatic rings. The molecule has 0 saturated carbocycles. The van der Waals surface area contributed by atoms with Crippen molar-refractivity contribution in [2.45, 2.75) is 25.3 Å². The van der Waals surface area contributed by atoms with E-state index in [2.05, 4.69) is 5.32 Å². The summed E-state index contributed by atoms with van der Waals surface area (Å²) in [7, 11) is 0. The first-order valence-corrected chi connectivity index (χ1v) is 6.50. The van der Waals surface area contributed by atoms with Crippen LogP contribution in [0.3, 0.4) is 0 Å². The van der Waals surface area contributed by atoms with E-state index in [1.165, 1.54) is 13.0 Å². The molecule has 1 unspecified atom stereocenters. The van der Waals surface area contributed by atoms with Gasteiger partial charge in [-0.1, -0.05) is 12.1 Å². The fraction of sp³-hybridized carbons (Fsp3) is 0.357. The molecule has 1 aromatic rings. The molecule has 0 bridgehead atoms. The maximum atomic E-state index is 11.8. The second kappa shape index (κ2) is 5.43. The number of nitrogens with zero attached hydrogens (tertiary/aromatic N) is 1. The predicted molar refractivity (Wildman–Crippen MR) is 74.0 cm³/mol. The summed E-state index contributed by atoms with van der Waals surface area (Å²) < 4.78 is 0. The van der Waals surface area contributed by atoms with Crippen molar-refractivity contribution >= 4 is 23.7 Å². The van der Waals surface area contributed by atoms with Crippen LogP contribution in [0.15, 0.2) is 24.3 Å². The molecular weight excluding hydrogens is 276 g/mol. The van der Waals surface area contributed by atoms with Gasteiger partial charge in [0.05, 0.1) is 0 Å². The number of carboxylic acids is 1. The third-order valence-electron chi connectivity index (χ3n) is 3.63. The van der Waals surface area contributed by atoms with Gasteiger partial charge in [0.1, 0.15) is 0 Å². The zero-order valence-electron chi connectivity index (χ0n) is 11.5. The molecule has 1 aromatic carbocycles. The normalized spacial score (nSPS) is 21.1. The van der Waals surface area contributed by atoms with Crippen LogP contribution < -0.4 is 5.32 Å². The molecule has 1 atom stereocenters. The lowest BCUT2D eigenvalue weighted by molar-refractivity contribution is -0.149. The largest absolute Gasteiger partial charge is 0.479 e. The highest BCUT2D eigenvalue weighted by atomic mass is 16.4. The van der Waals surface area contributed by atoms with Gasteiger partial charge in [0.2, 0.25) is 5.91 Å². The van der Waals surface area contributed by atoms with Crippen molar-refractivity contribution in [3.05, 3.63) is 29.8 Å². The minimum atomic E-state index is -1.60. The van der Waals surface area contributed by atoms with Gasteiger partial charge in [-0.3, -0.25) is 9.69 Å². The van der Waals surface area contributed by atoms with E-state index in [-0.39, 0.29) is 18.9 Å². The Balaban J connectivity index is 2.51. The average Bonchev–Trinajstić information content (AvgIpc) is 2.84. The number of benzene rings is 1. The quantitative estimate of drug-likeness (QED) is 0.786. The molecule has 7 heteroatoms. The number of hydrogen-bond acceptors (Lipinski definition) is 3. The molecule has 1 aliphatic heterocycles. The zero-order valence-corrected chi connectivity index (χ0v) is 11.5. The van der Waals surface area contributed by atoms with Gasteiger partial charge in [0.15, 0.2) is 5.54 Å². The molecule has 1 heterocycles. The molecular formula is C14H16N2O5. The van der Waals surface area contributed by atoms with Crippen molar-refractivity contribution in [3.63, 3.8) is 0 Å². The number of carbonyl (C=O) groups excluding carboxylic acids is 1. The molecule has 0 radical (unpaired) electrons. The highest BCUT2D eigenvalue weighted by molar-refractivity contribution is 5.90. The molecule has 0 aliphatic carbocycles. The Bertz CT molecular complexity index is 601. The molecule has 2 rings (SSSR count). The average molecular weight is 292 g/mol. The van der Waals surface area contributed by atoms with Crippen LogP contribution in [0, 0.1) is 0 Å². The number of rotatable bonds is 3. The molecule has 1 saturated heterocycles. The summed E-state index contributed by atoms with van der Waals surface area (Å²) in [5.41, 5.74) is -0.806. The molecule has 1 fully saturated rings. The lowest BCUT2D eigenvalue weighted by Gasteiger charge is -2.33. The Morgan fingerprint density at radius 3 is 2.57 bits per heavy atom. The highest BCUT2D eigenvalue weighted by Gasteiger charge is 2.51. The van der Waals surface area contributed by atoms with E-state index in [4.69, 9.17) is 0 Å². The first-order valence-electron chi connectivity index (χ1n) is 6.50. The topological polar surface area (TPSA) is 107 Å². The second-order valence-electron chi connectivity index (χ2n) is 4.97. The fourth-order valence-electron chi connectivity index (χ4n) is 2.78. The lowest BCUT2D eigenvalue weighted by Crippen LogP contribution is -2.50. The monoisotopic (exact) mass is 292 g/mol. The Morgan fingerprint density at radius 2 is 2.00 bits per heavy atom. The van der Waals surface area contributed by atoms with Crippen LogP contribution in [0.4, 0.5) is 10.5 Å². The Hall–Kier alpha value is -2.57. The number of nitrogens with one attached hydrogen (secondary N) is 1. The van der Waals surface area contributed by atoms with Crippen molar-refractivity contribution < 1.29 is 24.6 Å². The zero-order chi connectivity index (χ0) is 15.6. The Morgan fingerprint density at radius 1 is 1.29 bits per heavy atom. The van der Waals surface area contributed by atoms with Crippen molar-refractivity contribution in [2.75, 3.05) is 11.9 Å². The third-order valence-corrected chi connectivity index (χ3v) is 3.63.